The average molecular weight is 245 g/mol. The lowest BCUT2D eigenvalue weighted by atomic mass is 9.76. The van der Waals surface area contributed by atoms with E-state index < -0.39 is 13.3 Å². The van der Waals surface area contributed by atoms with Crippen LogP contribution in [0.3, 0.4) is 0 Å². The van der Waals surface area contributed by atoms with E-state index in [2.05, 4.69) is 0 Å². The predicted molar refractivity (Wildman–Crippen MR) is 65.7 cm³/mol. The number of benzene rings is 1. The lowest BCUT2D eigenvalue weighted by Gasteiger charge is -2.23. The Hall–Kier alpha value is -1.17. The molecule has 0 atom stereocenters. The van der Waals surface area contributed by atoms with Crippen molar-refractivity contribution >= 4 is 12.7 Å². The van der Waals surface area contributed by atoms with Crippen LogP contribution in [0.1, 0.15) is 27.8 Å². The third-order valence-electron chi connectivity index (χ3n) is 3.26. The van der Waals surface area contributed by atoms with Crippen LogP contribution < -0.4 is 11.5 Å². The number of halogens is 3. The van der Waals surface area contributed by atoms with Crippen LogP contribution in [0.5, 0.6) is 0 Å². The molecular weight excluding hydrogens is 228 g/mol. The maximum atomic E-state index is 12.6. The van der Waals surface area contributed by atoms with Crippen molar-refractivity contribution in [3.63, 3.8) is 0 Å². The van der Waals surface area contributed by atoms with Gasteiger partial charge in [0.2, 0.25) is 0 Å². The van der Waals surface area contributed by atoms with Crippen LogP contribution in [-0.4, -0.2) is 6.98 Å². The Balaban J connectivity index is 3.45. The highest BCUT2D eigenvalue weighted by molar-refractivity contribution is 6.57. The molecule has 6 heteroatoms. The lowest BCUT2D eigenvalue weighted by Crippen LogP contribution is -2.22. The summed E-state index contributed by atoms with van der Waals surface area (Å²) in [4.78, 5) is 0. The summed E-state index contributed by atoms with van der Waals surface area (Å²) in [6.45, 7) is 0.448. The zero-order chi connectivity index (χ0) is 13.4. The minimum absolute atomic E-state index is 0.208. The smallest absolute Gasteiger partial charge is 0.449 e. The Bertz CT molecular complexity index is 442. The summed E-state index contributed by atoms with van der Waals surface area (Å²) in [5.41, 5.74) is 14.8. The SMILES string of the molecule is Cc1c(N)c(C)c(C[B-](F)(F)F)c(C)c1CN. The molecule has 4 N–H and O–H groups in total. The van der Waals surface area contributed by atoms with Gasteiger partial charge in [0.1, 0.15) is 0 Å². The zero-order valence-corrected chi connectivity index (χ0v) is 10.3. The van der Waals surface area contributed by atoms with Crippen LogP contribution in [0, 0.1) is 20.8 Å². The molecule has 17 heavy (non-hydrogen) atoms. The summed E-state index contributed by atoms with van der Waals surface area (Å²) < 4.78 is 37.7. The van der Waals surface area contributed by atoms with Crippen LogP contribution in [-0.2, 0) is 12.9 Å². The first-order valence-electron chi connectivity index (χ1n) is 5.47. The van der Waals surface area contributed by atoms with Crippen molar-refractivity contribution in [1.29, 1.82) is 0 Å². The fourth-order valence-corrected chi connectivity index (χ4v) is 2.19. The molecule has 0 radical (unpaired) electrons. The Morgan fingerprint density at radius 1 is 0.941 bits per heavy atom. The first-order chi connectivity index (χ1) is 7.69. The third kappa shape index (κ3) is 2.75. The van der Waals surface area contributed by atoms with Gasteiger partial charge in [0.15, 0.2) is 0 Å². The molecule has 0 aliphatic heterocycles. The Labute approximate surface area is 99.2 Å². The molecule has 0 spiro atoms. The fraction of sp³-hybridized carbons (Fsp3) is 0.455. The average Bonchev–Trinajstić information content (AvgIpc) is 2.21. The molecule has 96 valence electrons. The van der Waals surface area contributed by atoms with Gasteiger partial charge < -0.3 is 24.4 Å². The van der Waals surface area contributed by atoms with Gasteiger partial charge in [-0.15, -0.1) is 0 Å². The van der Waals surface area contributed by atoms with Gasteiger partial charge in [-0.1, -0.05) is 11.9 Å². The van der Waals surface area contributed by atoms with Gasteiger partial charge in [0.05, 0.1) is 0 Å². The number of nitrogen functional groups attached to an aromatic ring is 1. The molecule has 0 heterocycles. The van der Waals surface area contributed by atoms with Crippen molar-refractivity contribution in [3.05, 3.63) is 27.8 Å². The molecule has 1 rings (SSSR count). The summed E-state index contributed by atoms with van der Waals surface area (Å²) >= 11 is 0. The topological polar surface area (TPSA) is 52.0 Å². The second-order valence-electron chi connectivity index (χ2n) is 4.36. The molecule has 1 aromatic rings. The number of hydrogen-bond acceptors (Lipinski definition) is 2. The molecule has 0 aliphatic carbocycles. The molecule has 0 amide bonds. The molecule has 0 unspecified atom stereocenters. The van der Waals surface area contributed by atoms with Crippen molar-refractivity contribution in [3.8, 4) is 0 Å². The molecule has 1 aromatic carbocycles. The lowest BCUT2D eigenvalue weighted by molar-refractivity contribution is 0.468. The minimum atomic E-state index is -4.86. The van der Waals surface area contributed by atoms with Crippen LogP contribution in [0.25, 0.3) is 0 Å². The van der Waals surface area contributed by atoms with E-state index in [0.29, 0.717) is 16.8 Å². The molecule has 0 aliphatic rings. The van der Waals surface area contributed by atoms with Crippen LogP contribution in [0.2, 0.25) is 0 Å². The van der Waals surface area contributed by atoms with Gasteiger partial charge in [-0.3, -0.25) is 0 Å². The first kappa shape index (κ1) is 13.9. The summed E-state index contributed by atoms with van der Waals surface area (Å²) in [5.74, 6) is 0. The van der Waals surface area contributed by atoms with Gasteiger partial charge in [-0.2, -0.15) is 0 Å². The van der Waals surface area contributed by atoms with Gasteiger partial charge in [0.25, 0.3) is 0 Å². The van der Waals surface area contributed by atoms with E-state index in [-0.39, 0.29) is 12.1 Å². The normalized spacial score (nSPS) is 11.9. The second-order valence-corrected chi connectivity index (χ2v) is 4.36. The monoisotopic (exact) mass is 245 g/mol. The Morgan fingerprint density at radius 2 is 1.41 bits per heavy atom. The number of nitrogens with two attached hydrogens (primary N) is 2. The van der Waals surface area contributed by atoms with Crippen LogP contribution in [0.4, 0.5) is 18.6 Å². The Kier molecular flexibility index (Phi) is 3.76. The van der Waals surface area contributed by atoms with Crippen molar-refractivity contribution < 1.29 is 12.9 Å². The largest absolute Gasteiger partial charge is 0.482 e. The van der Waals surface area contributed by atoms with E-state index in [1.165, 1.54) is 0 Å². The van der Waals surface area contributed by atoms with Gasteiger partial charge in [-0.05, 0) is 43.0 Å². The highest BCUT2D eigenvalue weighted by Gasteiger charge is 2.26. The highest BCUT2D eigenvalue weighted by Crippen LogP contribution is 2.31. The molecule has 2 nitrogen and oxygen atoms in total. The van der Waals surface area contributed by atoms with Crippen molar-refractivity contribution in [2.75, 3.05) is 5.73 Å². The zero-order valence-electron chi connectivity index (χ0n) is 10.3. The maximum absolute atomic E-state index is 12.6. The minimum Gasteiger partial charge on any atom is -0.449 e. The summed E-state index contributed by atoms with van der Waals surface area (Å²) in [5, 5.41) is 0. The summed E-state index contributed by atoms with van der Waals surface area (Å²) in [6, 6.07) is 0. The molecule has 0 saturated heterocycles. The first-order valence-corrected chi connectivity index (χ1v) is 5.47. The summed E-state index contributed by atoms with van der Waals surface area (Å²) in [6.07, 6.45) is -0.894. The predicted octanol–water partition coefficient (Wildman–Crippen LogP) is 2.58. The number of rotatable bonds is 3. The van der Waals surface area contributed by atoms with Crippen molar-refractivity contribution in [2.45, 2.75) is 33.6 Å². The summed E-state index contributed by atoms with van der Waals surface area (Å²) in [7, 11) is 0. The van der Waals surface area contributed by atoms with Crippen LogP contribution in [0.15, 0.2) is 0 Å². The number of hydrogen-bond donors (Lipinski definition) is 2. The van der Waals surface area contributed by atoms with Gasteiger partial charge >= 0.3 is 6.98 Å². The maximum Gasteiger partial charge on any atom is 0.482 e. The second kappa shape index (κ2) is 4.60. The third-order valence-corrected chi connectivity index (χ3v) is 3.26. The number of anilines is 1. The van der Waals surface area contributed by atoms with E-state index in [9.17, 15) is 12.9 Å². The van der Waals surface area contributed by atoms with Gasteiger partial charge in [0, 0.05) is 12.2 Å². The van der Waals surface area contributed by atoms with Crippen molar-refractivity contribution in [2.24, 2.45) is 5.73 Å². The van der Waals surface area contributed by atoms with Gasteiger partial charge in [-0.25, -0.2) is 0 Å². The molecule has 0 aromatic heterocycles. The molecule has 0 saturated carbocycles. The highest BCUT2D eigenvalue weighted by atomic mass is 19.4. The van der Waals surface area contributed by atoms with E-state index >= 15 is 0 Å². The molecule has 0 fully saturated rings. The van der Waals surface area contributed by atoms with E-state index in [4.69, 9.17) is 11.5 Å². The van der Waals surface area contributed by atoms with Crippen molar-refractivity contribution in [1.82, 2.24) is 0 Å². The van der Waals surface area contributed by atoms with E-state index in [1.807, 2.05) is 0 Å². The molecular formula is C11H17BF3N2-. The Morgan fingerprint density at radius 3 is 1.82 bits per heavy atom. The molecule has 0 bridgehead atoms. The fourth-order valence-electron chi connectivity index (χ4n) is 2.19. The van der Waals surface area contributed by atoms with Crippen LogP contribution >= 0.6 is 0 Å². The quantitative estimate of drug-likeness (QED) is 0.635. The standard InChI is InChI=1S/C11H17BF3N2/c1-6-9(4-12(13,14)15)7(2)11(17)8(3)10(6)5-16/h4-5,16-17H2,1-3H3/q-1. The van der Waals surface area contributed by atoms with E-state index in [1.54, 1.807) is 20.8 Å². The van der Waals surface area contributed by atoms with E-state index in [0.717, 1.165) is 11.1 Å².